The summed E-state index contributed by atoms with van der Waals surface area (Å²) in [6.07, 6.45) is 1.52. The summed E-state index contributed by atoms with van der Waals surface area (Å²) < 4.78 is 1.43. The molecule has 6 heteroatoms. The average Bonchev–Trinajstić information content (AvgIpc) is 2.98. The van der Waals surface area contributed by atoms with Gasteiger partial charge in [0.1, 0.15) is 0 Å². The monoisotopic (exact) mass is 240 g/mol. The Morgan fingerprint density at radius 3 is 2.35 bits per heavy atom. The van der Waals surface area contributed by atoms with E-state index >= 15 is 0 Å². The largest absolute Gasteiger partial charge is 0.396 e. The van der Waals surface area contributed by atoms with Gasteiger partial charge < -0.3 is 14.8 Å². The van der Waals surface area contributed by atoms with Gasteiger partial charge in [0.15, 0.2) is 0 Å². The fourth-order valence-corrected chi connectivity index (χ4v) is 2.32. The van der Waals surface area contributed by atoms with Crippen molar-refractivity contribution in [3.63, 3.8) is 0 Å². The van der Waals surface area contributed by atoms with Crippen LogP contribution in [0.5, 0.6) is 0 Å². The Morgan fingerprint density at radius 2 is 1.82 bits per heavy atom. The van der Waals surface area contributed by atoms with Gasteiger partial charge in [0.2, 0.25) is 0 Å². The molecule has 0 amide bonds. The van der Waals surface area contributed by atoms with Crippen molar-refractivity contribution in [2.45, 2.75) is 13.5 Å². The minimum absolute atomic E-state index is 0.0208. The molecule has 0 bridgehead atoms. The van der Waals surface area contributed by atoms with Gasteiger partial charge in [-0.15, -0.1) is 0 Å². The molecule has 0 radical (unpaired) electrons. The van der Waals surface area contributed by atoms with E-state index in [9.17, 15) is 9.59 Å². The standard InChI is InChI=1S/C11H16N2O4/c1-6-2-13(11(17)12-10(6)16)3-7-8(4-14)9(7)5-15/h2,7-9,14-15H,3-5H2,1H3,(H,12,16,17)/t8-,9-/m0/s1. The van der Waals surface area contributed by atoms with Crippen LogP contribution in [0.3, 0.4) is 0 Å². The van der Waals surface area contributed by atoms with Crippen LogP contribution in [0.4, 0.5) is 0 Å². The van der Waals surface area contributed by atoms with Gasteiger partial charge in [-0.1, -0.05) is 0 Å². The highest BCUT2D eigenvalue weighted by Crippen LogP contribution is 2.46. The number of nitrogens with zero attached hydrogens (tertiary/aromatic N) is 1. The summed E-state index contributed by atoms with van der Waals surface area (Å²) in [5, 5.41) is 18.1. The molecule has 6 nitrogen and oxygen atoms in total. The van der Waals surface area contributed by atoms with Crippen LogP contribution in [-0.2, 0) is 6.54 Å². The van der Waals surface area contributed by atoms with Crippen molar-refractivity contribution in [1.29, 1.82) is 0 Å². The summed E-state index contributed by atoms with van der Waals surface area (Å²) in [5.41, 5.74) is -0.341. The second kappa shape index (κ2) is 4.46. The molecule has 17 heavy (non-hydrogen) atoms. The predicted octanol–water partition coefficient (Wildman–Crippen LogP) is -1.31. The SMILES string of the molecule is Cc1cn(CC2[C@H](CO)[C@H]2CO)c(=O)[nH]c1=O. The molecule has 0 aromatic carbocycles. The lowest BCUT2D eigenvalue weighted by atomic mass is 10.3. The van der Waals surface area contributed by atoms with E-state index in [0.717, 1.165) is 0 Å². The number of aromatic amines is 1. The summed E-state index contributed by atoms with van der Waals surface area (Å²) in [6, 6.07) is 0. The van der Waals surface area contributed by atoms with Crippen LogP contribution in [0, 0.1) is 24.7 Å². The number of hydrogen-bond acceptors (Lipinski definition) is 4. The molecule has 1 fully saturated rings. The Kier molecular flexibility index (Phi) is 3.17. The zero-order valence-corrected chi connectivity index (χ0v) is 9.59. The highest BCUT2D eigenvalue weighted by atomic mass is 16.3. The molecule has 1 saturated carbocycles. The summed E-state index contributed by atoms with van der Waals surface area (Å²) in [7, 11) is 0. The van der Waals surface area contributed by atoms with Crippen molar-refractivity contribution in [3.05, 3.63) is 32.6 Å². The lowest BCUT2D eigenvalue weighted by Gasteiger charge is -2.05. The first-order valence-corrected chi connectivity index (χ1v) is 5.60. The Morgan fingerprint density at radius 1 is 1.24 bits per heavy atom. The third-order valence-corrected chi connectivity index (χ3v) is 3.53. The number of hydrogen-bond donors (Lipinski definition) is 3. The van der Waals surface area contributed by atoms with Crippen molar-refractivity contribution in [2.75, 3.05) is 13.2 Å². The molecule has 1 aromatic heterocycles. The zero-order chi connectivity index (χ0) is 12.6. The van der Waals surface area contributed by atoms with E-state index in [4.69, 9.17) is 10.2 Å². The molecule has 94 valence electrons. The second-order valence-electron chi connectivity index (χ2n) is 4.58. The number of aryl methyl sites for hydroxylation is 1. The van der Waals surface area contributed by atoms with Gasteiger partial charge in [-0.05, 0) is 24.7 Å². The highest BCUT2D eigenvalue weighted by molar-refractivity contribution is 5.03. The predicted molar refractivity (Wildman–Crippen MR) is 60.7 cm³/mol. The van der Waals surface area contributed by atoms with E-state index in [-0.39, 0.29) is 36.5 Å². The fourth-order valence-electron chi connectivity index (χ4n) is 2.32. The smallest absolute Gasteiger partial charge is 0.328 e. The zero-order valence-electron chi connectivity index (χ0n) is 9.59. The van der Waals surface area contributed by atoms with Gasteiger partial charge in [-0.25, -0.2) is 4.79 Å². The van der Waals surface area contributed by atoms with Crippen molar-refractivity contribution < 1.29 is 10.2 Å². The molecule has 2 atom stereocenters. The number of rotatable bonds is 4. The molecule has 1 heterocycles. The van der Waals surface area contributed by atoms with Crippen LogP contribution in [0.1, 0.15) is 5.56 Å². The molecular formula is C11H16N2O4. The number of nitrogens with one attached hydrogen (secondary N) is 1. The minimum atomic E-state index is -0.444. The Balaban J connectivity index is 2.18. The molecule has 0 unspecified atom stereocenters. The van der Waals surface area contributed by atoms with Crippen molar-refractivity contribution >= 4 is 0 Å². The van der Waals surface area contributed by atoms with E-state index in [1.165, 1.54) is 10.8 Å². The molecule has 1 aromatic rings. The van der Waals surface area contributed by atoms with Gasteiger partial charge in [-0.3, -0.25) is 9.78 Å². The molecule has 0 spiro atoms. The summed E-state index contributed by atoms with van der Waals surface area (Å²) >= 11 is 0. The summed E-state index contributed by atoms with van der Waals surface area (Å²) in [5.74, 6) is 0.214. The third-order valence-electron chi connectivity index (χ3n) is 3.53. The van der Waals surface area contributed by atoms with Gasteiger partial charge >= 0.3 is 5.69 Å². The maximum Gasteiger partial charge on any atom is 0.328 e. The first-order valence-electron chi connectivity index (χ1n) is 5.60. The van der Waals surface area contributed by atoms with Gasteiger partial charge in [0.25, 0.3) is 5.56 Å². The van der Waals surface area contributed by atoms with Crippen LogP contribution in [0.2, 0.25) is 0 Å². The number of aromatic nitrogens is 2. The number of aliphatic hydroxyl groups is 2. The van der Waals surface area contributed by atoms with Gasteiger partial charge in [0.05, 0.1) is 0 Å². The van der Waals surface area contributed by atoms with Crippen molar-refractivity contribution in [3.8, 4) is 0 Å². The molecular weight excluding hydrogens is 224 g/mol. The quantitative estimate of drug-likeness (QED) is 0.609. The van der Waals surface area contributed by atoms with E-state index in [2.05, 4.69) is 4.98 Å². The molecule has 1 aliphatic carbocycles. The first kappa shape index (κ1) is 12.1. The van der Waals surface area contributed by atoms with Crippen LogP contribution in [0.25, 0.3) is 0 Å². The maximum absolute atomic E-state index is 11.5. The second-order valence-corrected chi connectivity index (χ2v) is 4.58. The van der Waals surface area contributed by atoms with Crippen LogP contribution >= 0.6 is 0 Å². The van der Waals surface area contributed by atoms with Crippen molar-refractivity contribution in [1.82, 2.24) is 9.55 Å². The topological polar surface area (TPSA) is 95.3 Å². The lowest BCUT2D eigenvalue weighted by Crippen LogP contribution is -2.31. The Hall–Kier alpha value is -1.40. The van der Waals surface area contributed by atoms with E-state index < -0.39 is 5.69 Å². The summed E-state index contributed by atoms with van der Waals surface area (Å²) in [6.45, 7) is 2.10. The molecule has 2 rings (SSSR count). The fraction of sp³-hybridized carbons (Fsp3) is 0.636. The van der Waals surface area contributed by atoms with Gasteiger partial charge in [0, 0.05) is 31.5 Å². The van der Waals surface area contributed by atoms with E-state index in [1.54, 1.807) is 6.92 Å². The highest BCUT2D eigenvalue weighted by Gasteiger charge is 2.48. The summed E-state index contributed by atoms with van der Waals surface area (Å²) in [4.78, 5) is 24.9. The number of aliphatic hydroxyl groups excluding tert-OH is 2. The van der Waals surface area contributed by atoms with Gasteiger partial charge in [-0.2, -0.15) is 0 Å². The Bertz CT molecular complexity index is 509. The average molecular weight is 240 g/mol. The molecule has 1 aliphatic rings. The Labute approximate surface area is 97.5 Å². The van der Waals surface area contributed by atoms with E-state index in [0.29, 0.717) is 12.1 Å². The lowest BCUT2D eigenvalue weighted by molar-refractivity contribution is 0.232. The van der Waals surface area contributed by atoms with Crippen molar-refractivity contribution in [2.24, 2.45) is 17.8 Å². The normalized spacial score (nSPS) is 27.1. The first-order chi connectivity index (χ1) is 8.08. The maximum atomic E-state index is 11.5. The third kappa shape index (κ3) is 2.18. The van der Waals surface area contributed by atoms with E-state index in [1.807, 2.05) is 0 Å². The minimum Gasteiger partial charge on any atom is -0.396 e. The van der Waals surface area contributed by atoms with Crippen LogP contribution < -0.4 is 11.2 Å². The molecule has 3 N–H and O–H groups in total. The van der Waals surface area contributed by atoms with Crippen LogP contribution in [-0.4, -0.2) is 33.0 Å². The van der Waals surface area contributed by atoms with Crippen LogP contribution in [0.15, 0.2) is 15.8 Å². The molecule has 0 saturated heterocycles. The molecule has 0 aliphatic heterocycles. The number of H-pyrrole nitrogens is 1.